The second-order valence-electron chi connectivity index (χ2n) is 8.37. The zero-order valence-electron chi connectivity index (χ0n) is 17.6. The van der Waals surface area contributed by atoms with E-state index < -0.39 is 0 Å². The molecule has 1 amide bonds. The molecule has 156 valence electrons. The van der Waals surface area contributed by atoms with Crippen LogP contribution in [0.2, 0.25) is 0 Å². The van der Waals surface area contributed by atoms with Gasteiger partial charge in [0.05, 0.1) is 11.0 Å². The fourth-order valence-electron chi connectivity index (χ4n) is 4.76. The molecule has 30 heavy (non-hydrogen) atoms. The average Bonchev–Trinajstić information content (AvgIpc) is 3.16. The molecule has 1 N–H and O–H groups in total. The maximum Gasteiger partial charge on any atom is 0.225 e. The van der Waals surface area contributed by atoms with E-state index in [2.05, 4.69) is 69.2 Å². The van der Waals surface area contributed by atoms with Gasteiger partial charge in [0.25, 0.3) is 0 Å². The first-order valence-electron chi connectivity index (χ1n) is 11.0. The molecule has 1 aromatic heterocycles. The number of anilines is 1. The number of para-hydroxylation sites is 2. The number of hydrogen-bond acceptors (Lipinski definition) is 4. The summed E-state index contributed by atoms with van der Waals surface area (Å²) < 4.78 is 2.16. The molecular formula is C24H29N5O. The number of rotatable bonds is 3. The monoisotopic (exact) mass is 403 g/mol. The number of nitrogens with zero attached hydrogens (tertiary/aromatic N) is 4. The van der Waals surface area contributed by atoms with Crippen molar-refractivity contribution >= 4 is 22.6 Å². The van der Waals surface area contributed by atoms with E-state index in [1.807, 2.05) is 6.07 Å². The number of piperidine rings is 1. The zero-order chi connectivity index (χ0) is 20.5. The molecule has 6 nitrogen and oxygen atoms in total. The van der Waals surface area contributed by atoms with Crippen LogP contribution in [0, 0.1) is 5.92 Å². The molecule has 2 aromatic carbocycles. The molecule has 3 heterocycles. The van der Waals surface area contributed by atoms with Gasteiger partial charge >= 0.3 is 0 Å². The minimum Gasteiger partial charge on any atom is -0.368 e. The first kappa shape index (κ1) is 19.1. The molecule has 2 fully saturated rings. The lowest BCUT2D eigenvalue weighted by Gasteiger charge is -2.38. The van der Waals surface area contributed by atoms with E-state index >= 15 is 0 Å². The van der Waals surface area contributed by atoms with Gasteiger partial charge in [-0.3, -0.25) is 4.79 Å². The number of piperazine rings is 1. The molecule has 0 radical (unpaired) electrons. The maximum atomic E-state index is 12.8. The van der Waals surface area contributed by atoms with E-state index in [-0.39, 0.29) is 5.92 Å². The summed E-state index contributed by atoms with van der Waals surface area (Å²) in [5.41, 5.74) is 4.49. The molecule has 3 aromatic rings. The summed E-state index contributed by atoms with van der Waals surface area (Å²) in [6.07, 6.45) is 1.94. The van der Waals surface area contributed by atoms with Crippen molar-refractivity contribution in [2.24, 2.45) is 13.0 Å². The van der Waals surface area contributed by atoms with Gasteiger partial charge in [-0.25, -0.2) is 4.98 Å². The highest BCUT2D eigenvalue weighted by Gasteiger charge is 2.28. The predicted molar refractivity (Wildman–Crippen MR) is 121 cm³/mol. The number of amides is 1. The number of imidazole rings is 1. The summed E-state index contributed by atoms with van der Waals surface area (Å²) in [5.74, 6) is 1.54. The van der Waals surface area contributed by atoms with E-state index in [4.69, 9.17) is 4.98 Å². The number of hydrogen-bond donors (Lipinski definition) is 1. The van der Waals surface area contributed by atoms with Crippen LogP contribution in [0.4, 0.5) is 5.69 Å². The van der Waals surface area contributed by atoms with Crippen LogP contribution < -0.4 is 10.2 Å². The molecule has 0 unspecified atom stereocenters. The van der Waals surface area contributed by atoms with E-state index in [9.17, 15) is 4.79 Å². The smallest absolute Gasteiger partial charge is 0.225 e. The Bertz CT molecular complexity index is 1040. The Kier molecular flexibility index (Phi) is 5.17. The van der Waals surface area contributed by atoms with Crippen LogP contribution in [-0.2, 0) is 11.8 Å². The third-order valence-corrected chi connectivity index (χ3v) is 6.54. The van der Waals surface area contributed by atoms with E-state index in [0.29, 0.717) is 5.91 Å². The Morgan fingerprint density at radius 1 is 1.00 bits per heavy atom. The largest absolute Gasteiger partial charge is 0.368 e. The van der Waals surface area contributed by atoms with Crippen molar-refractivity contribution in [1.29, 1.82) is 0 Å². The molecule has 0 spiro atoms. The molecule has 5 rings (SSSR count). The van der Waals surface area contributed by atoms with Gasteiger partial charge in [-0.15, -0.1) is 0 Å². The Hall–Kier alpha value is -2.86. The first-order chi connectivity index (χ1) is 14.7. The molecule has 6 heteroatoms. The highest BCUT2D eigenvalue weighted by atomic mass is 16.2. The number of carbonyl (C=O) groups excluding carboxylic acids is 1. The third-order valence-electron chi connectivity index (χ3n) is 6.54. The van der Waals surface area contributed by atoms with Gasteiger partial charge < -0.3 is 19.7 Å². The second-order valence-corrected chi connectivity index (χ2v) is 8.37. The first-order valence-corrected chi connectivity index (χ1v) is 11.0. The molecule has 0 aliphatic carbocycles. The number of fused-ring (bicyclic) bond motifs is 1. The van der Waals surface area contributed by atoms with Crippen LogP contribution in [-0.4, -0.2) is 59.6 Å². The molecule has 2 aliphatic rings. The standard InChI is InChI=1S/C24H29N5O/c1-27-22-8-3-2-7-21(22)26-23(27)19-5-4-6-20(17-19)28-13-15-29(16-14-28)24(30)18-9-11-25-12-10-18/h2-8,17-18,25H,9-16H2,1H3. The highest BCUT2D eigenvalue weighted by Crippen LogP contribution is 2.28. The Morgan fingerprint density at radius 3 is 2.53 bits per heavy atom. The van der Waals surface area contributed by atoms with Crippen LogP contribution in [0.15, 0.2) is 48.5 Å². The van der Waals surface area contributed by atoms with Gasteiger partial charge in [-0.2, -0.15) is 0 Å². The molecule has 0 saturated carbocycles. The zero-order valence-corrected chi connectivity index (χ0v) is 17.6. The summed E-state index contributed by atoms with van der Waals surface area (Å²) in [6, 6.07) is 16.9. The second kappa shape index (κ2) is 8.11. The van der Waals surface area contributed by atoms with Crippen LogP contribution in [0.25, 0.3) is 22.4 Å². The minimum absolute atomic E-state index is 0.207. The van der Waals surface area contributed by atoms with Gasteiger partial charge in [0, 0.05) is 50.4 Å². The normalized spacial score (nSPS) is 18.2. The lowest BCUT2D eigenvalue weighted by molar-refractivity contribution is -0.136. The van der Waals surface area contributed by atoms with Crippen LogP contribution in [0.1, 0.15) is 12.8 Å². The lowest BCUT2D eigenvalue weighted by Crippen LogP contribution is -2.51. The Morgan fingerprint density at radius 2 is 1.77 bits per heavy atom. The molecular weight excluding hydrogens is 374 g/mol. The van der Waals surface area contributed by atoms with E-state index in [1.54, 1.807) is 0 Å². The fraction of sp³-hybridized carbons (Fsp3) is 0.417. The summed E-state index contributed by atoms with van der Waals surface area (Å²) in [4.78, 5) is 22.1. The fourth-order valence-corrected chi connectivity index (χ4v) is 4.76. The van der Waals surface area contributed by atoms with E-state index in [1.165, 1.54) is 5.69 Å². The molecule has 0 atom stereocenters. The van der Waals surface area contributed by atoms with Gasteiger partial charge in [0.2, 0.25) is 5.91 Å². The molecule has 2 saturated heterocycles. The third kappa shape index (κ3) is 3.56. The lowest BCUT2D eigenvalue weighted by atomic mass is 9.96. The highest BCUT2D eigenvalue weighted by molar-refractivity contribution is 5.81. The number of nitrogens with one attached hydrogen (secondary N) is 1. The number of aryl methyl sites for hydroxylation is 1. The van der Waals surface area contributed by atoms with Crippen molar-refractivity contribution in [2.75, 3.05) is 44.2 Å². The SMILES string of the molecule is Cn1c(-c2cccc(N3CCN(C(=O)C4CCNCC4)CC3)c2)nc2ccccc21. The topological polar surface area (TPSA) is 53.4 Å². The van der Waals surface area contributed by atoms with Crippen molar-refractivity contribution in [2.45, 2.75) is 12.8 Å². The van der Waals surface area contributed by atoms with Crippen molar-refractivity contribution in [3.63, 3.8) is 0 Å². The van der Waals surface area contributed by atoms with Gasteiger partial charge in [0.15, 0.2) is 0 Å². The predicted octanol–water partition coefficient (Wildman–Crippen LogP) is 2.89. The van der Waals surface area contributed by atoms with Crippen molar-refractivity contribution in [3.05, 3.63) is 48.5 Å². The van der Waals surface area contributed by atoms with Crippen molar-refractivity contribution < 1.29 is 4.79 Å². The minimum atomic E-state index is 0.207. The van der Waals surface area contributed by atoms with Gasteiger partial charge in [-0.1, -0.05) is 24.3 Å². The quantitative estimate of drug-likeness (QED) is 0.731. The van der Waals surface area contributed by atoms with Gasteiger partial charge in [-0.05, 0) is 50.2 Å². The Balaban J connectivity index is 1.30. The average molecular weight is 404 g/mol. The Labute approximate surface area is 177 Å². The molecule has 0 bridgehead atoms. The number of carbonyl (C=O) groups is 1. The number of benzene rings is 2. The van der Waals surface area contributed by atoms with Crippen LogP contribution in [0.3, 0.4) is 0 Å². The van der Waals surface area contributed by atoms with Crippen molar-refractivity contribution in [3.8, 4) is 11.4 Å². The van der Waals surface area contributed by atoms with Crippen molar-refractivity contribution in [1.82, 2.24) is 19.8 Å². The summed E-state index contributed by atoms with van der Waals surface area (Å²) in [6.45, 7) is 5.29. The maximum absolute atomic E-state index is 12.8. The van der Waals surface area contributed by atoms with Crippen LogP contribution in [0.5, 0.6) is 0 Å². The summed E-state index contributed by atoms with van der Waals surface area (Å²) in [5, 5.41) is 3.35. The molecule has 2 aliphatic heterocycles. The number of aromatic nitrogens is 2. The summed E-state index contributed by atoms with van der Waals surface area (Å²) >= 11 is 0. The summed E-state index contributed by atoms with van der Waals surface area (Å²) in [7, 11) is 2.07. The van der Waals surface area contributed by atoms with Gasteiger partial charge in [0.1, 0.15) is 5.82 Å². The van der Waals surface area contributed by atoms with E-state index in [0.717, 1.165) is 74.5 Å². The van der Waals surface area contributed by atoms with Crippen LogP contribution >= 0.6 is 0 Å².